The Kier molecular flexibility index (Phi) is 10.2. The Bertz CT molecular complexity index is 1240. The standard InChI is InChI=1S/C28H30O12/c1-15(29)34-14-24-25(36-17(3)31)26(37-18(4)32)27(38-19(5)33)28(40-24)39-23-9-7-6-8-22(23)20-10-12-21(13-11-20)35-16(2)30/h6-13,24-28H,14H2,1-5H3/t24-,25-,26+,27+,28-/m1/s1. The zero-order valence-corrected chi connectivity index (χ0v) is 22.6. The highest BCUT2D eigenvalue weighted by molar-refractivity contribution is 5.73. The number of rotatable bonds is 9. The van der Waals surface area contributed by atoms with Gasteiger partial charge in [0.1, 0.15) is 24.2 Å². The Morgan fingerprint density at radius 2 is 1.25 bits per heavy atom. The summed E-state index contributed by atoms with van der Waals surface area (Å²) in [5.41, 5.74) is 1.29. The Morgan fingerprint density at radius 1 is 0.675 bits per heavy atom. The van der Waals surface area contributed by atoms with Gasteiger partial charge in [0.25, 0.3) is 0 Å². The quantitative estimate of drug-likeness (QED) is 0.253. The van der Waals surface area contributed by atoms with Crippen LogP contribution in [0.1, 0.15) is 34.6 Å². The molecule has 1 fully saturated rings. The van der Waals surface area contributed by atoms with Crippen LogP contribution in [0.5, 0.6) is 11.5 Å². The van der Waals surface area contributed by atoms with Crippen LogP contribution in [0.3, 0.4) is 0 Å². The number of esters is 5. The first kappa shape index (κ1) is 30.1. The van der Waals surface area contributed by atoms with E-state index in [4.69, 9.17) is 33.2 Å². The van der Waals surface area contributed by atoms with Gasteiger partial charge in [0.2, 0.25) is 12.4 Å². The normalized spacial score (nSPS) is 21.9. The van der Waals surface area contributed by atoms with E-state index in [1.54, 1.807) is 48.5 Å². The second-order valence-corrected chi connectivity index (χ2v) is 8.80. The number of hydrogen-bond donors (Lipinski definition) is 0. The van der Waals surface area contributed by atoms with Gasteiger partial charge in [0.15, 0.2) is 12.2 Å². The average Bonchev–Trinajstić information content (AvgIpc) is 2.86. The highest BCUT2D eigenvalue weighted by Crippen LogP contribution is 2.35. The molecule has 5 atom stereocenters. The van der Waals surface area contributed by atoms with Crippen LogP contribution in [0.2, 0.25) is 0 Å². The Hall–Kier alpha value is -4.45. The second-order valence-electron chi connectivity index (χ2n) is 8.80. The fourth-order valence-electron chi connectivity index (χ4n) is 4.09. The van der Waals surface area contributed by atoms with Gasteiger partial charge in [-0.3, -0.25) is 24.0 Å². The van der Waals surface area contributed by atoms with Crippen LogP contribution in [-0.4, -0.2) is 67.2 Å². The van der Waals surface area contributed by atoms with Crippen molar-refractivity contribution in [1.29, 1.82) is 0 Å². The molecular weight excluding hydrogens is 528 g/mol. The summed E-state index contributed by atoms with van der Waals surface area (Å²) in [7, 11) is 0. The lowest BCUT2D eigenvalue weighted by Crippen LogP contribution is -2.63. The number of carbonyl (C=O) groups excluding carboxylic acids is 5. The first-order valence-corrected chi connectivity index (χ1v) is 12.3. The number of para-hydroxylation sites is 1. The maximum atomic E-state index is 12.1. The first-order chi connectivity index (χ1) is 18.9. The van der Waals surface area contributed by atoms with Crippen molar-refractivity contribution < 1.29 is 57.1 Å². The Morgan fingerprint density at radius 3 is 1.82 bits per heavy atom. The predicted octanol–water partition coefficient (Wildman–Crippen LogP) is 2.74. The van der Waals surface area contributed by atoms with E-state index in [1.165, 1.54) is 13.8 Å². The van der Waals surface area contributed by atoms with Gasteiger partial charge in [-0.15, -0.1) is 0 Å². The van der Waals surface area contributed by atoms with E-state index in [1.807, 2.05) is 0 Å². The molecule has 40 heavy (non-hydrogen) atoms. The molecule has 2 aromatic carbocycles. The van der Waals surface area contributed by atoms with Crippen LogP contribution < -0.4 is 9.47 Å². The zero-order chi connectivity index (χ0) is 29.4. The SMILES string of the molecule is CC(=O)OC[C@H]1O[C@@H](Oc2ccccc2-c2ccc(OC(C)=O)cc2)[C@@H](OC(C)=O)[C@@H](OC(C)=O)[C@@H]1OC(C)=O. The lowest BCUT2D eigenvalue weighted by atomic mass is 9.98. The van der Waals surface area contributed by atoms with Gasteiger partial charge in [-0.05, 0) is 23.8 Å². The lowest BCUT2D eigenvalue weighted by Gasteiger charge is -2.44. The summed E-state index contributed by atoms with van der Waals surface area (Å²) in [6.45, 7) is 5.52. The maximum absolute atomic E-state index is 12.1. The predicted molar refractivity (Wildman–Crippen MR) is 136 cm³/mol. The summed E-state index contributed by atoms with van der Waals surface area (Å²) in [6, 6.07) is 13.5. The highest BCUT2D eigenvalue weighted by atomic mass is 16.7. The average molecular weight is 559 g/mol. The van der Waals surface area contributed by atoms with E-state index in [0.29, 0.717) is 22.6 Å². The number of benzene rings is 2. The minimum atomic E-state index is -1.39. The molecule has 12 nitrogen and oxygen atoms in total. The fourth-order valence-corrected chi connectivity index (χ4v) is 4.09. The molecule has 3 rings (SSSR count). The van der Waals surface area contributed by atoms with Gasteiger partial charge in [0.05, 0.1) is 0 Å². The highest BCUT2D eigenvalue weighted by Gasteiger charge is 2.53. The smallest absolute Gasteiger partial charge is 0.308 e. The zero-order valence-electron chi connectivity index (χ0n) is 22.6. The summed E-state index contributed by atoms with van der Waals surface area (Å²) < 4.78 is 38.7. The van der Waals surface area contributed by atoms with Crippen molar-refractivity contribution in [3.63, 3.8) is 0 Å². The van der Waals surface area contributed by atoms with Crippen molar-refractivity contribution in [1.82, 2.24) is 0 Å². The van der Waals surface area contributed by atoms with Gasteiger partial charge in [-0.1, -0.05) is 30.3 Å². The van der Waals surface area contributed by atoms with Crippen LogP contribution in [0, 0.1) is 0 Å². The maximum Gasteiger partial charge on any atom is 0.308 e. The van der Waals surface area contributed by atoms with Gasteiger partial charge in [-0.2, -0.15) is 0 Å². The fraction of sp³-hybridized carbons (Fsp3) is 0.393. The van der Waals surface area contributed by atoms with E-state index < -0.39 is 60.6 Å². The molecule has 214 valence electrons. The summed E-state index contributed by atoms with van der Waals surface area (Å²) >= 11 is 0. The van der Waals surface area contributed by atoms with Crippen LogP contribution in [-0.2, 0) is 47.7 Å². The summed E-state index contributed by atoms with van der Waals surface area (Å²) in [5.74, 6) is -2.66. The summed E-state index contributed by atoms with van der Waals surface area (Å²) in [4.78, 5) is 58.8. The molecule has 1 aliphatic heterocycles. The van der Waals surface area contributed by atoms with Crippen LogP contribution >= 0.6 is 0 Å². The molecule has 1 heterocycles. The van der Waals surface area contributed by atoms with Crippen LogP contribution in [0.4, 0.5) is 0 Å². The van der Waals surface area contributed by atoms with Crippen molar-refractivity contribution in [3.05, 3.63) is 48.5 Å². The summed E-state index contributed by atoms with van der Waals surface area (Å²) in [6.07, 6.45) is -6.57. The number of carbonyl (C=O) groups is 5. The van der Waals surface area contributed by atoms with Crippen molar-refractivity contribution in [2.75, 3.05) is 6.61 Å². The molecule has 0 aromatic heterocycles. The van der Waals surface area contributed by atoms with Gasteiger partial charge in [-0.25, -0.2) is 0 Å². The topological polar surface area (TPSA) is 150 Å². The largest absolute Gasteiger partial charge is 0.463 e. The van der Waals surface area contributed by atoms with E-state index in [9.17, 15) is 24.0 Å². The second kappa shape index (κ2) is 13.6. The number of ether oxygens (including phenoxy) is 7. The van der Waals surface area contributed by atoms with E-state index in [-0.39, 0.29) is 6.61 Å². The van der Waals surface area contributed by atoms with Gasteiger partial charge >= 0.3 is 29.8 Å². The van der Waals surface area contributed by atoms with Crippen LogP contribution in [0.15, 0.2) is 48.5 Å². The van der Waals surface area contributed by atoms with Gasteiger partial charge < -0.3 is 33.2 Å². The van der Waals surface area contributed by atoms with Gasteiger partial charge in [0, 0.05) is 40.2 Å². The van der Waals surface area contributed by atoms with Crippen molar-refractivity contribution in [2.45, 2.75) is 65.3 Å². The summed E-state index contributed by atoms with van der Waals surface area (Å²) in [5, 5.41) is 0. The molecule has 2 aromatic rings. The Labute approximate surface area is 230 Å². The number of hydrogen-bond acceptors (Lipinski definition) is 12. The van der Waals surface area contributed by atoms with E-state index >= 15 is 0 Å². The molecule has 12 heteroatoms. The van der Waals surface area contributed by atoms with Crippen molar-refractivity contribution in [2.24, 2.45) is 0 Å². The molecule has 0 unspecified atom stereocenters. The molecule has 0 radical (unpaired) electrons. The Balaban J connectivity index is 2.01. The van der Waals surface area contributed by atoms with E-state index in [0.717, 1.165) is 20.8 Å². The third-order valence-corrected chi connectivity index (χ3v) is 5.51. The molecule has 1 aliphatic rings. The molecule has 0 amide bonds. The molecule has 0 saturated carbocycles. The molecule has 0 spiro atoms. The molecule has 0 bridgehead atoms. The van der Waals surface area contributed by atoms with Crippen molar-refractivity contribution in [3.8, 4) is 22.6 Å². The first-order valence-electron chi connectivity index (χ1n) is 12.3. The minimum Gasteiger partial charge on any atom is -0.463 e. The monoisotopic (exact) mass is 558 g/mol. The van der Waals surface area contributed by atoms with E-state index in [2.05, 4.69) is 0 Å². The molecule has 0 N–H and O–H groups in total. The van der Waals surface area contributed by atoms with Crippen LogP contribution in [0.25, 0.3) is 11.1 Å². The molecular formula is C28H30O12. The van der Waals surface area contributed by atoms with Crippen molar-refractivity contribution >= 4 is 29.8 Å². The lowest BCUT2D eigenvalue weighted by molar-refractivity contribution is -0.288. The third kappa shape index (κ3) is 8.27. The third-order valence-electron chi connectivity index (χ3n) is 5.51. The molecule has 0 aliphatic carbocycles. The minimum absolute atomic E-state index is 0.295. The molecule has 1 saturated heterocycles.